The lowest BCUT2D eigenvalue weighted by Gasteiger charge is -2.03. The van der Waals surface area contributed by atoms with E-state index in [1.807, 2.05) is 0 Å². The van der Waals surface area contributed by atoms with E-state index in [9.17, 15) is 18.5 Å². The highest BCUT2D eigenvalue weighted by molar-refractivity contribution is 7.91. The third-order valence-corrected chi connectivity index (χ3v) is 3.93. The number of nitrogens with one attached hydrogen (secondary N) is 1. The van der Waals surface area contributed by atoms with E-state index in [0.29, 0.717) is 5.69 Å². The van der Waals surface area contributed by atoms with Crippen LogP contribution in [0.4, 0.5) is 17.3 Å². The van der Waals surface area contributed by atoms with Gasteiger partial charge in [-0.2, -0.15) is 0 Å². The van der Waals surface area contributed by atoms with Gasteiger partial charge in [-0.15, -0.1) is 5.10 Å². The summed E-state index contributed by atoms with van der Waals surface area (Å²) in [5.41, 5.74) is 6.18. The average molecular weight is 311 g/mol. The van der Waals surface area contributed by atoms with Crippen molar-refractivity contribution in [3.8, 4) is 5.69 Å². The quantitative estimate of drug-likeness (QED) is 0.630. The summed E-state index contributed by atoms with van der Waals surface area (Å²) < 4.78 is 24.7. The first kappa shape index (κ1) is 14.8. The molecular weight excluding hydrogens is 298 g/mol. The van der Waals surface area contributed by atoms with E-state index in [-0.39, 0.29) is 22.2 Å². The number of nitrogen functional groups attached to an aromatic ring is 1. The molecule has 1 aromatic heterocycles. The molecule has 0 spiro atoms. The number of sulfone groups is 1. The van der Waals surface area contributed by atoms with Crippen LogP contribution < -0.4 is 11.1 Å². The van der Waals surface area contributed by atoms with Crippen LogP contribution >= 0.6 is 0 Å². The molecule has 0 fully saturated rings. The lowest BCUT2D eigenvalue weighted by molar-refractivity contribution is -0.384. The maximum Gasteiger partial charge on any atom is 0.269 e. The Kier molecular flexibility index (Phi) is 3.56. The van der Waals surface area contributed by atoms with Crippen molar-refractivity contribution in [2.24, 2.45) is 0 Å². The highest BCUT2D eigenvalue weighted by Gasteiger charge is 2.24. The lowest BCUT2D eigenvalue weighted by Crippen LogP contribution is -2.06. The van der Waals surface area contributed by atoms with Crippen molar-refractivity contribution in [2.75, 3.05) is 24.4 Å². The molecule has 0 unspecified atom stereocenters. The zero-order chi connectivity index (χ0) is 15.8. The van der Waals surface area contributed by atoms with Crippen molar-refractivity contribution < 1.29 is 13.3 Å². The molecule has 9 nitrogen and oxygen atoms in total. The van der Waals surface area contributed by atoms with E-state index in [4.69, 9.17) is 5.73 Å². The number of anilines is 2. The Morgan fingerprint density at radius 1 is 1.33 bits per heavy atom. The molecule has 0 radical (unpaired) electrons. The second-order valence-electron chi connectivity index (χ2n) is 4.27. The molecule has 1 aromatic carbocycles. The van der Waals surface area contributed by atoms with Gasteiger partial charge in [0.2, 0.25) is 0 Å². The van der Waals surface area contributed by atoms with Gasteiger partial charge >= 0.3 is 0 Å². The normalized spacial score (nSPS) is 11.3. The van der Waals surface area contributed by atoms with Crippen LogP contribution in [0.3, 0.4) is 0 Å². The van der Waals surface area contributed by atoms with Crippen LogP contribution in [-0.2, 0) is 9.84 Å². The van der Waals surface area contributed by atoms with Gasteiger partial charge < -0.3 is 11.1 Å². The number of nitrogens with zero attached hydrogens (tertiary/aromatic N) is 3. The molecule has 112 valence electrons. The number of nitrogens with two attached hydrogens (primary N) is 1. The Labute approximate surface area is 120 Å². The second kappa shape index (κ2) is 5.05. The van der Waals surface area contributed by atoms with E-state index in [1.165, 1.54) is 36.0 Å². The fraction of sp³-hybridized carbons (Fsp3) is 0.182. The molecule has 0 amide bonds. The molecule has 2 aromatic rings. The smallest absolute Gasteiger partial charge is 0.269 e. The minimum Gasteiger partial charge on any atom is -0.382 e. The van der Waals surface area contributed by atoms with Crippen LogP contribution in [0.1, 0.15) is 0 Å². The van der Waals surface area contributed by atoms with Gasteiger partial charge in [0, 0.05) is 25.4 Å². The van der Waals surface area contributed by atoms with E-state index in [1.54, 1.807) is 0 Å². The summed E-state index contributed by atoms with van der Waals surface area (Å²) in [4.78, 5) is 9.98. The molecule has 1 heterocycles. The molecule has 0 aliphatic rings. The van der Waals surface area contributed by atoms with E-state index < -0.39 is 14.8 Å². The summed E-state index contributed by atoms with van der Waals surface area (Å²) in [6.07, 6.45) is 1.03. The highest BCUT2D eigenvalue weighted by Crippen LogP contribution is 2.29. The monoisotopic (exact) mass is 311 g/mol. The number of nitro groups is 1. The van der Waals surface area contributed by atoms with Crippen LogP contribution in [0.15, 0.2) is 29.2 Å². The molecular formula is C11H13N5O4S. The minimum absolute atomic E-state index is 0.0595. The first-order chi connectivity index (χ1) is 9.75. The van der Waals surface area contributed by atoms with Gasteiger partial charge in [-0.25, -0.2) is 13.1 Å². The van der Waals surface area contributed by atoms with E-state index >= 15 is 0 Å². The first-order valence-corrected chi connectivity index (χ1v) is 7.66. The molecule has 0 aliphatic carbocycles. The molecule has 0 atom stereocenters. The molecule has 3 N–H and O–H groups in total. The fourth-order valence-corrected chi connectivity index (χ4v) is 2.82. The van der Waals surface area contributed by atoms with Crippen LogP contribution in [0.25, 0.3) is 5.69 Å². The standard InChI is InChI=1S/C11H13N5O4S/c1-13-11-9(21(2,19)20)10(12)15(14-11)7-3-5-8(6-4-7)16(17)18/h3-6H,12H2,1-2H3,(H,13,14). The largest absolute Gasteiger partial charge is 0.382 e. The number of non-ortho nitro benzene ring substituents is 1. The highest BCUT2D eigenvalue weighted by atomic mass is 32.2. The van der Waals surface area contributed by atoms with Crippen LogP contribution in [0.5, 0.6) is 0 Å². The summed E-state index contributed by atoms with van der Waals surface area (Å²) in [5.74, 6) is 0.0593. The lowest BCUT2D eigenvalue weighted by atomic mass is 10.3. The van der Waals surface area contributed by atoms with Crippen LogP contribution in [-0.4, -0.2) is 36.4 Å². The van der Waals surface area contributed by atoms with Crippen LogP contribution in [0.2, 0.25) is 0 Å². The maximum atomic E-state index is 11.8. The minimum atomic E-state index is -3.56. The number of benzene rings is 1. The number of nitro benzene ring substituents is 1. The van der Waals surface area contributed by atoms with Crippen molar-refractivity contribution in [1.82, 2.24) is 9.78 Å². The molecule has 0 aliphatic heterocycles. The van der Waals surface area contributed by atoms with E-state index in [0.717, 1.165) is 6.26 Å². The van der Waals surface area contributed by atoms with Crippen molar-refractivity contribution in [3.05, 3.63) is 34.4 Å². The van der Waals surface area contributed by atoms with Gasteiger partial charge in [-0.1, -0.05) is 0 Å². The molecule has 2 rings (SSSR count). The zero-order valence-corrected chi connectivity index (χ0v) is 12.1. The maximum absolute atomic E-state index is 11.8. The molecule has 0 saturated carbocycles. The van der Waals surface area contributed by atoms with Gasteiger partial charge in [0.25, 0.3) is 5.69 Å². The Morgan fingerprint density at radius 2 is 1.90 bits per heavy atom. The Hall–Kier alpha value is -2.62. The van der Waals surface area contributed by atoms with Crippen molar-refractivity contribution in [3.63, 3.8) is 0 Å². The summed E-state index contributed by atoms with van der Waals surface area (Å²) >= 11 is 0. The topological polar surface area (TPSA) is 133 Å². The second-order valence-corrected chi connectivity index (χ2v) is 6.22. The Balaban J connectivity index is 2.60. The van der Waals surface area contributed by atoms with E-state index in [2.05, 4.69) is 10.4 Å². The van der Waals surface area contributed by atoms with Crippen molar-refractivity contribution in [2.45, 2.75) is 4.90 Å². The SMILES string of the molecule is CNc1nn(-c2ccc([N+](=O)[O-])cc2)c(N)c1S(C)(=O)=O. The molecule has 10 heteroatoms. The van der Waals surface area contributed by atoms with Gasteiger partial charge in [-0.05, 0) is 12.1 Å². The van der Waals surface area contributed by atoms with Gasteiger partial charge in [0.05, 0.1) is 10.6 Å². The summed E-state index contributed by atoms with van der Waals surface area (Å²) in [5, 5.41) is 17.4. The summed E-state index contributed by atoms with van der Waals surface area (Å²) in [6.45, 7) is 0. The predicted octanol–water partition coefficient (Wildman–Crippen LogP) is 0.808. The van der Waals surface area contributed by atoms with Gasteiger partial charge in [-0.3, -0.25) is 10.1 Å². The third kappa shape index (κ3) is 2.65. The molecule has 0 saturated heterocycles. The zero-order valence-electron chi connectivity index (χ0n) is 11.3. The fourth-order valence-electron chi connectivity index (χ4n) is 1.86. The predicted molar refractivity (Wildman–Crippen MR) is 77.3 cm³/mol. The van der Waals surface area contributed by atoms with Crippen molar-refractivity contribution >= 4 is 27.2 Å². The number of rotatable bonds is 4. The Morgan fingerprint density at radius 3 is 2.29 bits per heavy atom. The summed E-state index contributed by atoms with van der Waals surface area (Å²) in [7, 11) is -2.04. The number of hydrogen-bond donors (Lipinski definition) is 2. The average Bonchev–Trinajstić information content (AvgIpc) is 2.75. The summed E-state index contributed by atoms with van der Waals surface area (Å²) in [6, 6.07) is 5.45. The molecule has 0 bridgehead atoms. The van der Waals surface area contributed by atoms with Crippen LogP contribution in [0, 0.1) is 10.1 Å². The molecule has 21 heavy (non-hydrogen) atoms. The van der Waals surface area contributed by atoms with Gasteiger partial charge in [0.15, 0.2) is 20.6 Å². The third-order valence-electron chi connectivity index (χ3n) is 2.79. The van der Waals surface area contributed by atoms with Crippen molar-refractivity contribution in [1.29, 1.82) is 0 Å². The Bertz CT molecular complexity index is 795. The number of hydrogen-bond acceptors (Lipinski definition) is 7. The first-order valence-electron chi connectivity index (χ1n) is 5.77. The number of aromatic nitrogens is 2. The van der Waals surface area contributed by atoms with Gasteiger partial charge in [0.1, 0.15) is 5.82 Å².